The van der Waals surface area contributed by atoms with Crippen LogP contribution >= 0.6 is 12.4 Å². The molecular formula is C18H26ClN3O2. The number of halogens is 1. The lowest BCUT2D eigenvalue weighted by Gasteiger charge is -2.33. The van der Waals surface area contributed by atoms with E-state index in [0.717, 1.165) is 25.2 Å². The second kappa shape index (κ2) is 8.49. The van der Waals surface area contributed by atoms with Crippen molar-refractivity contribution in [2.24, 2.45) is 5.92 Å². The molecule has 5 nitrogen and oxygen atoms in total. The van der Waals surface area contributed by atoms with E-state index in [1.165, 1.54) is 12.8 Å². The van der Waals surface area contributed by atoms with Gasteiger partial charge in [0, 0.05) is 33.2 Å². The zero-order valence-electron chi connectivity index (χ0n) is 14.1. The highest BCUT2D eigenvalue weighted by Gasteiger charge is 2.34. The lowest BCUT2D eigenvalue weighted by atomic mass is 10.1. The summed E-state index contributed by atoms with van der Waals surface area (Å²) in [4.78, 5) is 28.5. The first-order valence-electron chi connectivity index (χ1n) is 8.43. The fourth-order valence-corrected chi connectivity index (χ4v) is 3.02. The van der Waals surface area contributed by atoms with Crippen LogP contribution in [0.1, 0.15) is 24.8 Å². The lowest BCUT2D eigenvalue weighted by molar-refractivity contribution is -0.140. The van der Waals surface area contributed by atoms with E-state index < -0.39 is 0 Å². The van der Waals surface area contributed by atoms with E-state index in [1.54, 1.807) is 11.9 Å². The molecule has 2 fully saturated rings. The molecule has 2 aliphatic rings. The van der Waals surface area contributed by atoms with Crippen LogP contribution in [-0.2, 0) is 16.1 Å². The maximum atomic E-state index is 12.5. The van der Waals surface area contributed by atoms with Gasteiger partial charge in [0.25, 0.3) is 0 Å². The minimum absolute atomic E-state index is 0. The summed E-state index contributed by atoms with van der Waals surface area (Å²) in [5, 5.41) is 3.20. The average Bonchev–Trinajstić information content (AvgIpc) is 3.36. The monoisotopic (exact) mass is 351 g/mol. The van der Waals surface area contributed by atoms with Gasteiger partial charge in [0.05, 0.1) is 12.5 Å². The van der Waals surface area contributed by atoms with Crippen molar-refractivity contribution in [1.29, 1.82) is 0 Å². The lowest BCUT2D eigenvalue weighted by Crippen LogP contribution is -2.56. The highest BCUT2D eigenvalue weighted by atomic mass is 35.5. The minimum atomic E-state index is -0.367. The molecular weight excluding hydrogens is 326 g/mol. The summed E-state index contributed by atoms with van der Waals surface area (Å²) in [6.45, 7) is 2.98. The standard InChI is InChI=1S/C18H25N3O2.ClH/c1-20(12-14-5-3-2-4-6-14)17(22)11-16-18(23)21(10-9-19-16)13-15-7-8-15;/h2-6,15-16,19H,7-13H2,1H3;1H. The van der Waals surface area contributed by atoms with Crippen LogP contribution in [0.25, 0.3) is 0 Å². The Morgan fingerprint density at radius 3 is 2.67 bits per heavy atom. The Bertz CT molecular complexity index is 563. The molecule has 1 aliphatic carbocycles. The Hall–Kier alpha value is -1.59. The quantitative estimate of drug-likeness (QED) is 0.848. The van der Waals surface area contributed by atoms with Gasteiger partial charge >= 0.3 is 0 Å². The third-order valence-electron chi connectivity index (χ3n) is 4.62. The Morgan fingerprint density at radius 1 is 1.29 bits per heavy atom. The molecule has 1 N–H and O–H groups in total. The van der Waals surface area contributed by atoms with Gasteiger partial charge in [-0.15, -0.1) is 12.4 Å². The fourth-order valence-electron chi connectivity index (χ4n) is 3.02. The number of nitrogens with one attached hydrogen (secondary N) is 1. The Kier molecular flexibility index (Phi) is 6.63. The highest BCUT2D eigenvalue weighted by molar-refractivity contribution is 5.88. The molecule has 1 saturated carbocycles. The van der Waals surface area contributed by atoms with E-state index >= 15 is 0 Å². The van der Waals surface area contributed by atoms with E-state index in [9.17, 15) is 9.59 Å². The summed E-state index contributed by atoms with van der Waals surface area (Å²) in [5.74, 6) is 0.784. The third kappa shape index (κ3) is 4.95. The van der Waals surface area contributed by atoms with Gasteiger partial charge in [-0.2, -0.15) is 0 Å². The molecule has 24 heavy (non-hydrogen) atoms. The van der Waals surface area contributed by atoms with Crippen LogP contribution in [0.4, 0.5) is 0 Å². The van der Waals surface area contributed by atoms with Gasteiger partial charge in [-0.05, 0) is 24.3 Å². The van der Waals surface area contributed by atoms with Gasteiger partial charge in [0.15, 0.2) is 0 Å². The van der Waals surface area contributed by atoms with E-state index in [4.69, 9.17) is 0 Å². The highest BCUT2D eigenvalue weighted by Crippen LogP contribution is 2.30. The smallest absolute Gasteiger partial charge is 0.240 e. The van der Waals surface area contributed by atoms with Crippen molar-refractivity contribution in [2.45, 2.75) is 31.8 Å². The molecule has 1 atom stereocenters. The number of hydrogen-bond acceptors (Lipinski definition) is 3. The van der Waals surface area contributed by atoms with Crippen molar-refractivity contribution < 1.29 is 9.59 Å². The second-order valence-corrected chi connectivity index (χ2v) is 6.67. The molecule has 1 aromatic rings. The number of benzene rings is 1. The first-order chi connectivity index (χ1) is 11.1. The number of piperazine rings is 1. The summed E-state index contributed by atoms with van der Waals surface area (Å²) in [6.07, 6.45) is 2.71. The van der Waals surface area contributed by atoms with Gasteiger partial charge in [0.1, 0.15) is 0 Å². The van der Waals surface area contributed by atoms with Gasteiger partial charge in [0.2, 0.25) is 11.8 Å². The van der Waals surface area contributed by atoms with Gasteiger partial charge in [-0.3, -0.25) is 9.59 Å². The van der Waals surface area contributed by atoms with Crippen LogP contribution in [0, 0.1) is 5.92 Å². The number of carbonyl (C=O) groups excluding carboxylic acids is 2. The Balaban J connectivity index is 0.00000208. The summed E-state index contributed by atoms with van der Waals surface area (Å²) in [5.41, 5.74) is 1.10. The molecule has 6 heteroatoms. The predicted octanol–water partition coefficient (Wildman–Crippen LogP) is 1.67. The molecule has 1 heterocycles. The molecule has 3 rings (SSSR count). The summed E-state index contributed by atoms with van der Waals surface area (Å²) in [6, 6.07) is 9.54. The summed E-state index contributed by atoms with van der Waals surface area (Å²) < 4.78 is 0. The van der Waals surface area contributed by atoms with Crippen LogP contribution in [0.2, 0.25) is 0 Å². The molecule has 0 aromatic heterocycles. The Morgan fingerprint density at radius 2 is 2.00 bits per heavy atom. The van der Waals surface area contributed by atoms with E-state index in [2.05, 4.69) is 5.32 Å². The number of rotatable bonds is 6. The number of hydrogen-bond donors (Lipinski definition) is 1. The molecule has 2 amide bonds. The van der Waals surface area contributed by atoms with Crippen LogP contribution in [-0.4, -0.2) is 54.3 Å². The normalized spacial score (nSPS) is 20.5. The van der Waals surface area contributed by atoms with Crippen LogP contribution in [0.15, 0.2) is 30.3 Å². The minimum Gasteiger partial charge on any atom is -0.341 e. The van der Waals surface area contributed by atoms with Crippen molar-refractivity contribution >= 4 is 24.2 Å². The molecule has 1 saturated heterocycles. The van der Waals surface area contributed by atoms with Crippen LogP contribution in [0.3, 0.4) is 0 Å². The first-order valence-corrected chi connectivity index (χ1v) is 8.43. The maximum absolute atomic E-state index is 12.5. The van der Waals surface area contributed by atoms with Gasteiger partial charge in [-0.25, -0.2) is 0 Å². The fraction of sp³-hybridized carbons (Fsp3) is 0.556. The maximum Gasteiger partial charge on any atom is 0.240 e. The zero-order valence-corrected chi connectivity index (χ0v) is 14.9. The Labute approximate surface area is 149 Å². The summed E-state index contributed by atoms with van der Waals surface area (Å²) >= 11 is 0. The average molecular weight is 352 g/mol. The largest absolute Gasteiger partial charge is 0.341 e. The molecule has 1 unspecified atom stereocenters. The third-order valence-corrected chi connectivity index (χ3v) is 4.62. The molecule has 132 valence electrons. The van der Waals surface area contributed by atoms with E-state index in [0.29, 0.717) is 12.5 Å². The van der Waals surface area contributed by atoms with Crippen LogP contribution < -0.4 is 5.32 Å². The SMILES string of the molecule is CN(Cc1ccccc1)C(=O)CC1NCCN(CC2CC2)C1=O.Cl. The molecule has 0 bridgehead atoms. The molecule has 1 aromatic carbocycles. The van der Waals surface area contributed by atoms with Gasteiger partial charge in [-0.1, -0.05) is 30.3 Å². The second-order valence-electron chi connectivity index (χ2n) is 6.67. The molecule has 0 spiro atoms. The number of nitrogens with zero attached hydrogens (tertiary/aromatic N) is 2. The van der Waals surface area contributed by atoms with Crippen molar-refractivity contribution in [3.05, 3.63) is 35.9 Å². The van der Waals surface area contributed by atoms with E-state index in [1.807, 2.05) is 35.2 Å². The summed E-state index contributed by atoms with van der Waals surface area (Å²) in [7, 11) is 1.80. The first kappa shape index (κ1) is 18.7. The van der Waals surface area contributed by atoms with Crippen LogP contribution in [0.5, 0.6) is 0 Å². The van der Waals surface area contributed by atoms with Crippen molar-refractivity contribution in [3.8, 4) is 0 Å². The number of carbonyl (C=O) groups is 2. The zero-order chi connectivity index (χ0) is 16.2. The topological polar surface area (TPSA) is 52.7 Å². The number of amides is 2. The predicted molar refractivity (Wildman–Crippen MR) is 95.9 cm³/mol. The van der Waals surface area contributed by atoms with Crippen molar-refractivity contribution in [2.75, 3.05) is 26.7 Å². The van der Waals surface area contributed by atoms with E-state index in [-0.39, 0.29) is 36.7 Å². The molecule has 1 aliphatic heterocycles. The van der Waals surface area contributed by atoms with Crippen molar-refractivity contribution in [1.82, 2.24) is 15.1 Å². The van der Waals surface area contributed by atoms with Crippen molar-refractivity contribution in [3.63, 3.8) is 0 Å². The molecule has 0 radical (unpaired) electrons. The van der Waals surface area contributed by atoms with Gasteiger partial charge < -0.3 is 15.1 Å².